The normalized spacial score (nSPS) is 13.8. The minimum Gasteiger partial charge on any atom is -0.486 e. The van der Waals surface area contributed by atoms with E-state index in [1.807, 2.05) is 18.2 Å². The monoisotopic (exact) mass is 259 g/mol. The number of hydrogen-bond acceptors (Lipinski definition) is 4. The van der Waals surface area contributed by atoms with Crippen LogP contribution in [-0.2, 0) is 0 Å². The minimum absolute atomic E-state index is 0.307. The van der Waals surface area contributed by atoms with Crippen molar-refractivity contribution in [2.24, 2.45) is 0 Å². The molecule has 2 heterocycles. The summed E-state index contributed by atoms with van der Waals surface area (Å²) in [5.41, 5.74) is 8.92. The van der Waals surface area contributed by atoms with Crippen LogP contribution >= 0.6 is 0 Å². The lowest BCUT2D eigenvalue weighted by Gasteiger charge is -2.19. The summed E-state index contributed by atoms with van der Waals surface area (Å²) >= 11 is 0. The fourth-order valence-electron chi connectivity index (χ4n) is 2.37. The topological polar surface area (TPSA) is 73.2 Å². The Kier molecular flexibility index (Phi) is 2.81. The van der Waals surface area contributed by atoms with Gasteiger partial charge in [0.1, 0.15) is 19.0 Å². The molecule has 3 rings (SSSR count). The standard InChI is InChI=1S/C14H17N3O2/c1-8(2)12-13(16-17-14(12)15)9-3-4-10-11(7-9)19-6-5-18-10/h3-4,7-8H,5-6H2,1-2H3,(H3,15,16,17). The summed E-state index contributed by atoms with van der Waals surface area (Å²) in [5.74, 6) is 2.42. The molecule has 0 saturated heterocycles. The van der Waals surface area contributed by atoms with E-state index in [-0.39, 0.29) is 0 Å². The largest absolute Gasteiger partial charge is 0.486 e. The molecule has 5 nitrogen and oxygen atoms in total. The third-order valence-corrected chi connectivity index (χ3v) is 3.24. The van der Waals surface area contributed by atoms with Crippen molar-refractivity contribution in [2.45, 2.75) is 19.8 Å². The summed E-state index contributed by atoms with van der Waals surface area (Å²) in [6, 6.07) is 5.88. The Bertz CT molecular complexity index is 605. The van der Waals surface area contributed by atoms with Crippen LogP contribution in [-0.4, -0.2) is 23.4 Å². The SMILES string of the molecule is CC(C)c1c(N)n[nH]c1-c1ccc2c(c1)OCCO2. The van der Waals surface area contributed by atoms with E-state index >= 15 is 0 Å². The number of H-pyrrole nitrogens is 1. The highest BCUT2D eigenvalue weighted by molar-refractivity contribution is 5.71. The van der Waals surface area contributed by atoms with E-state index in [9.17, 15) is 0 Å². The number of fused-ring (bicyclic) bond motifs is 1. The van der Waals surface area contributed by atoms with Crippen LogP contribution in [0.4, 0.5) is 5.82 Å². The Labute approximate surface area is 111 Å². The molecular weight excluding hydrogens is 242 g/mol. The Morgan fingerprint density at radius 1 is 1.21 bits per heavy atom. The van der Waals surface area contributed by atoms with Gasteiger partial charge in [-0.25, -0.2) is 0 Å². The lowest BCUT2D eigenvalue weighted by molar-refractivity contribution is 0.171. The lowest BCUT2D eigenvalue weighted by atomic mass is 9.98. The summed E-state index contributed by atoms with van der Waals surface area (Å²) in [7, 11) is 0. The molecule has 1 aliphatic rings. The number of anilines is 1. The average Bonchev–Trinajstić information content (AvgIpc) is 2.80. The number of nitrogens with one attached hydrogen (secondary N) is 1. The molecule has 5 heteroatoms. The quantitative estimate of drug-likeness (QED) is 0.869. The number of nitrogen functional groups attached to an aromatic ring is 1. The molecule has 0 aliphatic carbocycles. The van der Waals surface area contributed by atoms with Crippen LogP contribution in [0, 0.1) is 0 Å². The van der Waals surface area contributed by atoms with Crippen LogP contribution < -0.4 is 15.2 Å². The Morgan fingerprint density at radius 3 is 2.68 bits per heavy atom. The van der Waals surface area contributed by atoms with Gasteiger partial charge in [-0.3, -0.25) is 5.10 Å². The highest BCUT2D eigenvalue weighted by atomic mass is 16.6. The van der Waals surface area contributed by atoms with Crippen molar-refractivity contribution in [3.63, 3.8) is 0 Å². The first-order valence-electron chi connectivity index (χ1n) is 6.40. The van der Waals surface area contributed by atoms with Gasteiger partial charge in [-0.2, -0.15) is 5.10 Å². The molecule has 0 saturated carbocycles. The average molecular weight is 259 g/mol. The molecule has 0 unspecified atom stereocenters. The van der Waals surface area contributed by atoms with Gasteiger partial charge in [-0.15, -0.1) is 0 Å². The number of rotatable bonds is 2. The zero-order valence-corrected chi connectivity index (χ0v) is 11.1. The third-order valence-electron chi connectivity index (χ3n) is 3.24. The number of hydrogen-bond donors (Lipinski definition) is 2. The van der Waals surface area contributed by atoms with Crippen LogP contribution in [0.5, 0.6) is 11.5 Å². The summed E-state index contributed by atoms with van der Waals surface area (Å²) in [4.78, 5) is 0. The van der Waals surface area contributed by atoms with Gasteiger partial charge in [0.05, 0.1) is 5.69 Å². The van der Waals surface area contributed by atoms with Crippen molar-refractivity contribution in [1.82, 2.24) is 10.2 Å². The first-order valence-corrected chi connectivity index (χ1v) is 6.40. The maximum absolute atomic E-state index is 5.92. The highest BCUT2D eigenvalue weighted by Gasteiger charge is 2.18. The smallest absolute Gasteiger partial charge is 0.162 e. The van der Waals surface area contributed by atoms with Gasteiger partial charge in [-0.1, -0.05) is 13.8 Å². The van der Waals surface area contributed by atoms with Crippen molar-refractivity contribution in [3.05, 3.63) is 23.8 Å². The van der Waals surface area contributed by atoms with Crippen LogP contribution in [0.25, 0.3) is 11.3 Å². The van der Waals surface area contributed by atoms with E-state index in [2.05, 4.69) is 24.0 Å². The van der Waals surface area contributed by atoms with E-state index in [1.165, 1.54) is 0 Å². The fraction of sp³-hybridized carbons (Fsp3) is 0.357. The van der Waals surface area contributed by atoms with Gasteiger partial charge < -0.3 is 15.2 Å². The van der Waals surface area contributed by atoms with E-state index < -0.39 is 0 Å². The molecule has 3 N–H and O–H groups in total. The van der Waals surface area contributed by atoms with Gasteiger partial charge >= 0.3 is 0 Å². The number of nitrogens with zero attached hydrogens (tertiary/aromatic N) is 1. The molecule has 0 amide bonds. The summed E-state index contributed by atoms with van der Waals surface area (Å²) in [6.45, 7) is 5.38. The van der Waals surface area contributed by atoms with Gasteiger partial charge in [-0.05, 0) is 24.1 Å². The first-order chi connectivity index (χ1) is 9.16. The second-order valence-corrected chi connectivity index (χ2v) is 4.91. The molecule has 19 heavy (non-hydrogen) atoms. The molecule has 2 aromatic rings. The second kappa shape index (κ2) is 4.50. The van der Waals surface area contributed by atoms with Gasteiger partial charge in [0, 0.05) is 11.1 Å². The molecule has 1 aromatic heterocycles. The molecular formula is C14H17N3O2. The van der Waals surface area contributed by atoms with Crippen LogP contribution in [0.1, 0.15) is 25.3 Å². The van der Waals surface area contributed by atoms with Crippen molar-refractivity contribution < 1.29 is 9.47 Å². The van der Waals surface area contributed by atoms with Crippen LogP contribution in [0.15, 0.2) is 18.2 Å². The Hall–Kier alpha value is -2.17. The maximum atomic E-state index is 5.92. The van der Waals surface area contributed by atoms with E-state index in [4.69, 9.17) is 15.2 Å². The highest BCUT2D eigenvalue weighted by Crippen LogP contribution is 2.37. The van der Waals surface area contributed by atoms with E-state index in [1.54, 1.807) is 0 Å². The molecule has 0 atom stereocenters. The van der Waals surface area contributed by atoms with Gasteiger partial charge in [0.2, 0.25) is 0 Å². The van der Waals surface area contributed by atoms with Crippen molar-refractivity contribution in [2.75, 3.05) is 18.9 Å². The molecule has 0 fully saturated rings. The molecule has 0 spiro atoms. The third kappa shape index (κ3) is 2.01. The zero-order chi connectivity index (χ0) is 13.4. The second-order valence-electron chi connectivity index (χ2n) is 4.91. The number of ether oxygens (including phenoxy) is 2. The van der Waals surface area contributed by atoms with Crippen LogP contribution in [0.2, 0.25) is 0 Å². The van der Waals surface area contributed by atoms with E-state index in [0.29, 0.717) is 24.9 Å². The summed E-state index contributed by atoms with van der Waals surface area (Å²) in [6.07, 6.45) is 0. The Morgan fingerprint density at radius 2 is 1.95 bits per heavy atom. The minimum atomic E-state index is 0.307. The van der Waals surface area contributed by atoms with Crippen molar-refractivity contribution in [1.29, 1.82) is 0 Å². The summed E-state index contributed by atoms with van der Waals surface area (Å²) < 4.78 is 11.1. The fourth-order valence-corrected chi connectivity index (χ4v) is 2.37. The Balaban J connectivity index is 2.07. The van der Waals surface area contributed by atoms with Crippen molar-refractivity contribution in [3.8, 4) is 22.8 Å². The van der Waals surface area contributed by atoms with Crippen molar-refractivity contribution >= 4 is 5.82 Å². The molecule has 0 radical (unpaired) electrons. The first kappa shape index (κ1) is 11.9. The number of nitrogens with two attached hydrogens (primary N) is 1. The number of benzene rings is 1. The number of aromatic amines is 1. The predicted octanol–water partition coefficient (Wildman–Crippen LogP) is 2.55. The van der Waals surface area contributed by atoms with Gasteiger partial charge in [0.15, 0.2) is 11.5 Å². The summed E-state index contributed by atoms with van der Waals surface area (Å²) in [5, 5.41) is 7.11. The lowest BCUT2D eigenvalue weighted by Crippen LogP contribution is -2.15. The zero-order valence-electron chi connectivity index (χ0n) is 11.1. The van der Waals surface area contributed by atoms with Gasteiger partial charge in [0.25, 0.3) is 0 Å². The number of aromatic nitrogens is 2. The predicted molar refractivity (Wildman–Crippen MR) is 73.5 cm³/mol. The van der Waals surface area contributed by atoms with Crippen LogP contribution in [0.3, 0.4) is 0 Å². The van der Waals surface area contributed by atoms with E-state index in [0.717, 1.165) is 28.3 Å². The molecule has 1 aliphatic heterocycles. The molecule has 100 valence electrons. The maximum Gasteiger partial charge on any atom is 0.162 e. The molecule has 1 aromatic carbocycles. The molecule has 0 bridgehead atoms.